The highest BCUT2D eigenvalue weighted by Crippen LogP contribution is 2.33. The van der Waals surface area contributed by atoms with Gasteiger partial charge in [-0.05, 0) is 30.3 Å². The molecule has 0 spiro atoms. The second-order valence-electron chi connectivity index (χ2n) is 6.10. The monoisotopic (exact) mass is 379 g/mol. The zero-order valence-electron chi connectivity index (χ0n) is 15.0. The Morgan fingerprint density at radius 2 is 2.04 bits per heavy atom. The lowest BCUT2D eigenvalue weighted by molar-refractivity contribution is -0.137. The van der Waals surface area contributed by atoms with Crippen molar-refractivity contribution in [1.82, 2.24) is 9.88 Å². The van der Waals surface area contributed by atoms with Crippen LogP contribution in [-0.4, -0.2) is 47.1 Å². The van der Waals surface area contributed by atoms with Crippen LogP contribution in [0.25, 0.3) is 22.6 Å². The number of aliphatic hydroxyl groups is 1. The Balaban J connectivity index is 1.67. The molecule has 0 atom stereocenters. The zero-order chi connectivity index (χ0) is 19.7. The van der Waals surface area contributed by atoms with Crippen LogP contribution in [0.3, 0.4) is 0 Å². The quantitative estimate of drug-likeness (QED) is 0.632. The van der Waals surface area contributed by atoms with Crippen LogP contribution in [0.4, 0.5) is 5.69 Å². The second-order valence-corrected chi connectivity index (χ2v) is 6.10. The van der Waals surface area contributed by atoms with Gasteiger partial charge in [-0.1, -0.05) is 12.1 Å². The van der Waals surface area contributed by atoms with Gasteiger partial charge < -0.3 is 19.6 Å². The summed E-state index contributed by atoms with van der Waals surface area (Å²) in [5.74, 6) is -0.0674. The zero-order valence-corrected chi connectivity index (χ0v) is 15.0. The van der Waals surface area contributed by atoms with Crippen LogP contribution in [0.5, 0.6) is 5.75 Å². The fourth-order valence-electron chi connectivity index (χ4n) is 2.99. The van der Waals surface area contributed by atoms with E-state index >= 15 is 0 Å². The summed E-state index contributed by atoms with van der Waals surface area (Å²) in [6, 6.07) is 12.7. The molecule has 2 heterocycles. The molecular formula is C20H17N3O5. The number of benzene rings is 2. The van der Waals surface area contributed by atoms with Crippen molar-refractivity contribution < 1.29 is 23.8 Å². The Kier molecular flexibility index (Phi) is 4.54. The van der Waals surface area contributed by atoms with Crippen LogP contribution in [0, 0.1) is 0 Å². The molecule has 0 saturated carbocycles. The average Bonchev–Trinajstić information content (AvgIpc) is 3.25. The van der Waals surface area contributed by atoms with Gasteiger partial charge in [0.05, 0.1) is 25.9 Å². The number of aliphatic hydroxyl groups excluding tert-OH is 1. The number of hydrogen-bond acceptors (Lipinski definition) is 7. The fraction of sp³-hybridized carbons (Fsp3) is 0.150. The number of para-hydroxylation sites is 2. The molecule has 142 valence electrons. The van der Waals surface area contributed by atoms with Crippen molar-refractivity contribution >= 4 is 28.6 Å². The minimum absolute atomic E-state index is 0.0561. The summed E-state index contributed by atoms with van der Waals surface area (Å²) < 4.78 is 11.1. The molecule has 1 aromatic heterocycles. The van der Waals surface area contributed by atoms with Crippen molar-refractivity contribution in [3.05, 3.63) is 54.2 Å². The normalized spacial score (nSPS) is 13.9. The van der Waals surface area contributed by atoms with Crippen molar-refractivity contribution in [1.29, 1.82) is 0 Å². The van der Waals surface area contributed by atoms with Gasteiger partial charge in [0.15, 0.2) is 5.58 Å². The predicted molar refractivity (Wildman–Crippen MR) is 102 cm³/mol. The number of ether oxygens (including phenoxy) is 1. The minimum Gasteiger partial charge on any atom is -0.495 e. The first-order chi connectivity index (χ1) is 13.6. The first-order valence-electron chi connectivity index (χ1n) is 8.60. The van der Waals surface area contributed by atoms with Crippen LogP contribution in [0.2, 0.25) is 0 Å². The molecule has 2 N–H and O–H groups in total. The molecular weight excluding hydrogens is 362 g/mol. The molecule has 0 unspecified atom stereocenters. The first-order valence-corrected chi connectivity index (χ1v) is 8.60. The van der Waals surface area contributed by atoms with Gasteiger partial charge in [-0.2, -0.15) is 0 Å². The molecule has 28 heavy (non-hydrogen) atoms. The maximum absolute atomic E-state index is 12.4. The number of rotatable bonds is 6. The van der Waals surface area contributed by atoms with Crippen molar-refractivity contribution in [2.75, 3.05) is 25.6 Å². The lowest BCUT2D eigenvalue weighted by Crippen LogP contribution is -2.34. The summed E-state index contributed by atoms with van der Waals surface area (Å²) in [6.45, 7) is -0.353. The number of carbonyl (C=O) groups excluding carboxylic acids is 2. The van der Waals surface area contributed by atoms with E-state index in [0.29, 0.717) is 28.5 Å². The molecule has 0 radical (unpaired) electrons. The maximum Gasteiger partial charge on any atom is 0.277 e. The van der Waals surface area contributed by atoms with Gasteiger partial charge in [-0.25, -0.2) is 4.98 Å². The molecule has 2 aromatic carbocycles. The van der Waals surface area contributed by atoms with Gasteiger partial charge in [-0.3, -0.25) is 14.5 Å². The first kappa shape index (κ1) is 17.7. The summed E-state index contributed by atoms with van der Waals surface area (Å²) in [5.41, 5.74) is 2.68. The Bertz CT molecular complexity index is 1070. The SMILES string of the molecule is COc1ccc(-c2nc3ccccc3o2)cc1NC1=CC(=O)N(CCO)C1=O. The fourth-order valence-corrected chi connectivity index (χ4v) is 2.99. The summed E-state index contributed by atoms with van der Waals surface area (Å²) in [6.07, 6.45) is 1.20. The topological polar surface area (TPSA) is 105 Å². The smallest absolute Gasteiger partial charge is 0.277 e. The number of nitrogens with one attached hydrogen (secondary N) is 1. The third-order valence-corrected chi connectivity index (χ3v) is 4.34. The summed E-state index contributed by atoms with van der Waals surface area (Å²) in [4.78, 5) is 29.8. The van der Waals surface area contributed by atoms with E-state index in [2.05, 4.69) is 10.3 Å². The molecule has 8 nitrogen and oxygen atoms in total. The van der Waals surface area contributed by atoms with Crippen LogP contribution in [0.15, 0.2) is 58.7 Å². The number of carbonyl (C=O) groups is 2. The van der Waals surface area contributed by atoms with Crippen LogP contribution < -0.4 is 10.1 Å². The van der Waals surface area contributed by atoms with Crippen LogP contribution in [0.1, 0.15) is 0 Å². The molecule has 3 aromatic rings. The number of methoxy groups -OCH3 is 1. The molecule has 0 fully saturated rings. The third-order valence-electron chi connectivity index (χ3n) is 4.34. The molecule has 8 heteroatoms. The molecule has 4 rings (SSSR count). The van der Waals surface area contributed by atoms with E-state index in [9.17, 15) is 9.59 Å². The van der Waals surface area contributed by atoms with Gasteiger partial charge in [0.25, 0.3) is 11.8 Å². The molecule has 2 amide bonds. The van der Waals surface area contributed by atoms with Gasteiger partial charge in [-0.15, -0.1) is 0 Å². The highest BCUT2D eigenvalue weighted by atomic mass is 16.5. The Morgan fingerprint density at radius 1 is 1.21 bits per heavy atom. The number of β-amino-alcohol motifs (C(OH)–C–C–N with tert-alkyl or cyclic N) is 1. The Labute approximate surface area is 160 Å². The highest BCUT2D eigenvalue weighted by molar-refractivity contribution is 6.17. The van der Waals surface area contributed by atoms with Crippen molar-refractivity contribution in [3.8, 4) is 17.2 Å². The Hall–Kier alpha value is -3.65. The molecule has 0 saturated heterocycles. The number of aromatic nitrogens is 1. The van der Waals surface area contributed by atoms with E-state index < -0.39 is 11.8 Å². The number of amides is 2. The van der Waals surface area contributed by atoms with Gasteiger partial charge in [0, 0.05) is 11.6 Å². The number of anilines is 1. The van der Waals surface area contributed by atoms with E-state index in [1.807, 2.05) is 24.3 Å². The van der Waals surface area contributed by atoms with Crippen molar-refractivity contribution in [3.63, 3.8) is 0 Å². The number of oxazole rings is 1. The van der Waals surface area contributed by atoms with E-state index in [-0.39, 0.29) is 18.8 Å². The maximum atomic E-state index is 12.4. The number of hydrogen-bond donors (Lipinski definition) is 2. The molecule has 0 aliphatic carbocycles. The second kappa shape index (κ2) is 7.16. The largest absolute Gasteiger partial charge is 0.495 e. The third kappa shape index (κ3) is 3.10. The van der Waals surface area contributed by atoms with Crippen LogP contribution in [-0.2, 0) is 9.59 Å². The van der Waals surface area contributed by atoms with E-state index in [1.165, 1.54) is 13.2 Å². The summed E-state index contributed by atoms with van der Waals surface area (Å²) in [5, 5.41) is 12.0. The van der Waals surface area contributed by atoms with E-state index in [0.717, 1.165) is 10.4 Å². The van der Waals surface area contributed by atoms with Gasteiger partial charge in [0.2, 0.25) is 5.89 Å². The average molecular weight is 379 g/mol. The predicted octanol–water partition coefficient (Wildman–Crippen LogP) is 2.16. The lowest BCUT2D eigenvalue weighted by atomic mass is 10.1. The van der Waals surface area contributed by atoms with E-state index in [1.54, 1.807) is 18.2 Å². The highest BCUT2D eigenvalue weighted by Gasteiger charge is 2.31. The Morgan fingerprint density at radius 3 is 2.79 bits per heavy atom. The van der Waals surface area contributed by atoms with Crippen molar-refractivity contribution in [2.24, 2.45) is 0 Å². The lowest BCUT2D eigenvalue weighted by Gasteiger charge is -2.15. The number of fused-ring (bicyclic) bond motifs is 1. The van der Waals surface area contributed by atoms with Gasteiger partial charge >= 0.3 is 0 Å². The summed E-state index contributed by atoms with van der Waals surface area (Å²) in [7, 11) is 1.51. The van der Waals surface area contributed by atoms with Gasteiger partial charge in [0.1, 0.15) is 17.0 Å². The van der Waals surface area contributed by atoms with Crippen molar-refractivity contribution in [2.45, 2.75) is 0 Å². The number of nitrogens with zero attached hydrogens (tertiary/aromatic N) is 2. The summed E-state index contributed by atoms with van der Waals surface area (Å²) >= 11 is 0. The molecule has 1 aliphatic rings. The minimum atomic E-state index is -0.506. The van der Waals surface area contributed by atoms with Crippen LogP contribution >= 0.6 is 0 Å². The molecule has 0 bridgehead atoms. The molecule has 1 aliphatic heterocycles. The number of imide groups is 1. The van der Waals surface area contributed by atoms with E-state index in [4.69, 9.17) is 14.3 Å². The standard InChI is InChI=1S/C20H17N3O5/c1-27-16-7-6-12(19-22-13-4-2-3-5-17(13)28-19)10-14(16)21-15-11-18(25)23(8-9-24)20(15)26/h2-7,10-11,21,24H,8-9H2,1H3.